The summed E-state index contributed by atoms with van der Waals surface area (Å²) in [7, 11) is 0. The molecule has 3 N–H and O–H groups in total. The largest absolute Gasteiger partial charge is 0.329 e. The summed E-state index contributed by atoms with van der Waals surface area (Å²) in [5.41, 5.74) is 7.73. The van der Waals surface area contributed by atoms with Crippen LogP contribution >= 0.6 is 0 Å². The minimum absolute atomic E-state index is 0.199. The third-order valence-electron chi connectivity index (χ3n) is 3.06. The molecule has 20 heavy (non-hydrogen) atoms. The molecule has 4 heteroatoms. The molecule has 0 radical (unpaired) electrons. The van der Waals surface area contributed by atoms with Crippen LogP contribution in [0.4, 0.5) is 10.1 Å². The van der Waals surface area contributed by atoms with E-state index in [-0.39, 0.29) is 18.3 Å². The summed E-state index contributed by atoms with van der Waals surface area (Å²) < 4.78 is 13.3. The van der Waals surface area contributed by atoms with Crippen LogP contribution in [0.2, 0.25) is 0 Å². The fraction of sp³-hybridized carbons (Fsp3) is 0.188. The fourth-order valence-electron chi connectivity index (χ4n) is 2.12. The summed E-state index contributed by atoms with van der Waals surface area (Å²) in [6, 6.07) is 13.7. The van der Waals surface area contributed by atoms with Gasteiger partial charge in [0.2, 0.25) is 5.91 Å². The Hall–Kier alpha value is -2.20. The van der Waals surface area contributed by atoms with Gasteiger partial charge in [-0.15, -0.1) is 0 Å². The van der Waals surface area contributed by atoms with Gasteiger partial charge >= 0.3 is 0 Å². The van der Waals surface area contributed by atoms with Gasteiger partial charge in [0, 0.05) is 12.2 Å². The first-order valence-corrected chi connectivity index (χ1v) is 6.43. The molecule has 2 aromatic carbocycles. The molecule has 0 saturated carbocycles. The van der Waals surface area contributed by atoms with Gasteiger partial charge in [0.05, 0.1) is 5.92 Å². The molecule has 0 bridgehead atoms. The molecular weight excluding hydrogens is 255 g/mol. The van der Waals surface area contributed by atoms with Crippen LogP contribution in [-0.4, -0.2) is 12.5 Å². The van der Waals surface area contributed by atoms with Crippen LogP contribution in [0.3, 0.4) is 0 Å². The number of hydrogen-bond donors (Lipinski definition) is 2. The average Bonchev–Trinajstić information content (AvgIpc) is 2.39. The van der Waals surface area contributed by atoms with Crippen molar-refractivity contribution < 1.29 is 9.18 Å². The first kappa shape index (κ1) is 14.2. The van der Waals surface area contributed by atoms with Gasteiger partial charge in [-0.2, -0.15) is 0 Å². The molecule has 0 aliphatic rings. The number of halogens is 1. The summed E-state index contributed by atoms with van der Waals surface area (Å²) in [6.07, 6.45) is 0. The first-order chi connectivity index (χ1) is 9.60. The molecular formula is C16H17FN2O. The van der Waals surface area contributed by atoms with Crippen molar-refractivity contribution in [1.82, 2.24) is 0 Å². The van der Waals surface area contributed by atoms with Gasteiger partial charge in [-0.05, 0) is 36.2 Å². The predicted molar refractivity (Wildman–Crippen MR) is 78.0 cm³/mol. The summed E-state index contributed by atoms with van der Waals surface area (Å²) in [6.45, 7) is 1.97. The molecule has 0 saturated heterocycles. The van der Waals surface area contributed by atoms with Gasteiger partial charge < -0.3 is 11.1 Å². The fourth-order valence-corrected chi connectivity index (χ4v) is 2.12. The molecule has 0 spiro atoms. The molecule has 0 aliphatic carbocycles. The minimum atomic E-state index is -0.445. The molecule has 0 aliphatic heterocycles. The Labute approximate surface area is 117 Å². The highest BCUT2D eigenvalue weighted by molar-refractivity contribution is 5.96. The number of amides is 1. The van der Waals surface area contributed by atoms with Crippen LogP contribution in [0.5, 0.6) is 0 Å². The second-order valence-corrected chi connectivity index (χ2v) is 4.71. The maximum atomic E-state index is 13.3. The van der Waals surface area contributed by atoms with Gasteiger partial charge in [0.15, 0.2) is 0 Å². The Balaban J connectivity index is 2.18. The molecule has 0 aromatic heterocycles. The van der Waals surface area contributed by atoms with Crippen LogP contribution in [0.15, 0.2) is 48.5 Å². The van der Waals surface area contributed by atoms with Crippen molar-refractivity contribution in [3.8, 4) is 0 Å². The van der Waals surface area contributed by atoms with Gasteiger partial charge in [-0.1, -0.05) is 30.3 Å². The van der Waals surface area contributed by atoms with Crippen LogP contribution in [0.25, 0.3) is 0 Å². The lowest BCUT2D eigenvalue weighted by atomic mass is 9.98. The molecule has 3 nitrogen and oxygen atoms in total. The number of aryl methyl sites for hydroxylation is 1. The Morgan fingerprint density at radius 1 is 1.25 bits per heavy atom. The number of carbonyl (C=O) groups excluding carboxylic acids is 1. The number of anilines is 1. The standard InChI is InChI=1S/C16H17FN2O/c1-11-7-13(17)9-14(8-11)19-16(20)15(10-18)12-5-3-2-4-6-12/h2-9,15H,10,18H2,1H3,(H,19,20). The summed E-state index contributed by atoms with van der Waals surface area (Å²) >= 11 is 0. The number of rotatable bonds is 4. The molecule has 2 aromatic rings. The highest BCUT2D eigenvalue weighted by atomic mass is 19.1. The number of hydrogen-bond acceptors (Lipinski definition) is 2. The van der Waals surface area contributed by atoms with Gasteiger partial charge in [-0.3, -0.25) is 4.79 Å². The number of carbonyl (C=O) groups is 1. The zero-order chi connectivity index (χ0) is 14.5. The molecule has 1 atom stereocenters. The Morgan fingerprint density at radius 2 is 1.95 bits per heavy atom. The highest BCUT2D eigenvalue weighted by Gasteiger charge is 2.19. The molecule has 0 fully saturated rings. The van der Waals surface area contributed by atoms with E-state index in [9.17, 15) is 9.18 Å². The maximum Gasteiger partial charge on any atom is 0.233 e. The highest BCUT2D eigenvalue weighted by Crippen LogP contribution is 2.19. The third kappa shape index (κ3) is 3.42. The SMILES string of the molecule is Cc1cc(F)cc(NC(=O)C(CN)c2ccccc2)c1. The smallest absolute Gasteiger partial charge is 0.233 e. The lowest BCUT2D eigenvalue weighted by molar-refractivity contribution is -0.117. The van der Waals surface area contributed by atoms with Gasteiger partial charge in [0.1, 0.15) is 5.82 Å². The second-order valence-electron chi connectivity index (χ2n) is 4.71. The van der Waals surface area contributed by atoms with Crippen molar-refractivity contribution in [2.75, 3.05) is 11.9 Å². The molecule has 1 unspecified atom stereocenters. The second kappa shape index (κ2) is 6.30. The average molecular weight is 272 g/mol. The van der Waals surface area contributed by atoms with Crippen molar-refractivity contribution in [3.05, 3.63) is 65.5 Å². The van der Waals surface area contributed by atoms with Crippen molar-refractivity contribution >= 4 is 11.6 Å². The number of nitrogens with one attached hydrogen (secondary N) is 1. The van der Waals surface area contributed by atoms with Crippen LogP contribution < -0.4 is 11.1 Å². The third-order valence-corrected chi connectivity index (χ3v) is 3.06. The minimum Gasteiger partial charge on any atom is -0.329 e. The van der Waals surface area contributed by atoms with Crippen molar-refractivity contribution in [2.45, 2.75) is 12.8 Å². The zero-order valence-electron chi connectivity index (χ0n) is 11.3. The Kier molecular flexibility index (Phi) is 4.48. The van der Waals surface area contributed by atoms with E-state index in [4.69, 9.17) is 5.73 Å². The van der Waals surface area contributed by atoms with E-state index in [0.717, 1.165) is 11.1 Å². The number of nitrogens with two attached hydrogens (primary N) is 1. The van der Waals surface area contributed by atoms with Gasteiger partial charge in [0.25, 0.3) is 0 Å². The van der Waals surface area contributed by atoms with E-state index >= 15 is 0 Å². The van der Waals surface area contributed by atoms with Crippen LogP contribution in [-0.2, 0) is 4.79 Å². The Morgan fingerprint density at radius 3 is 2.55 bits per heavy atom. The van der Waals surface area contributed by atoms with Crippen molar-refractivity contribution in [3.63, 3.8) is 0 Å². The molecule has 104 valence electrons. The van der Waals surface area contributed by atoms with Gasteiger partial charge in [-0.25, -0.2) is 4.39 Å². The topological polar surface area (TPSA) is 55.1 Å². The summed E-state index contributed by atoms with van der Waals surface area (Å²) in [5.74, 6) is -1.05. The molecule has 1 amide bonds. The van der Waals surface area contributed by atoms with E-state index < -0.39 is 5.92 Å². The summed E-state index contributed by atoms with van der Waals surface area (Å²) in [4.78, 5) is 12.3. The normalized spacial score (nSPS) is 11.9. The first-order valence-electron chi connectivity index (χ1n) is 6.43. The molecule has 2 rings (SSSR count). The summed E-state index contributed by atoms with van der Waals surface area (Å²) in [5, 5.41) is 2.71. The Bertz CT molecular complexity index is 578. The van der Waals surface area contributed by atoms with Crippen LogP contribution in [0, 0.1) is 12.7 Å². The maximum absolute atomic E-state index is 13.3. The molecule has 0 heterocycles. The lowest BCUT2D eigenvalue weighted by Gasteiger charge is -2.15. The quantitative estimate of drug-likeness (QED) is 0.899. The van der Waals surface area contributed by atoms with E-state index in [0.29, 0.717) is 5.69 Å². The van der Waals surface area contributed by atoms with E-state index in [1.165, 1.54) is 12.1 Å². The predicted octanol–water partition coefficient (Wildman–Crippen LogP) is 2.82. The monoisotopic (exact) mass is 272 g/mol. The van der Waals surface area contributed by atoms with Crippen molar-refractivity contribution in [1.29, 1.82) is 0 Å². The van der Waals surface area contributed by atoms with Crippen LogP contribution in [0.1, 0.15) is 17.0 Å². The zero-order valence-corrected chi connectivity index (χ0v) is 11.3. The van der Waals surface area contributed by atoms with E-state index in [1.54, 1.807) is 13.0 Å². The number of benzene rings is 2. The van der Waals surface area contributed by atoms with E-state index in [2.05, 4.69) is 5.32 Å². The van der Waals surface area contributed by atoms with E-state index in [1.807, 2.05) is 30.3 Å². The van der Waals surface area contributed by atoms with Crippen molar-refractivity contribution in [2.24, 2.45) is 5.73 Å². The lowest BCUT2D eigenvalue weighted by Crippen LogP contribution is -2.27.